The first-order valence-corrected chi connectivity index (χ1v) is 6.85. The van der Waals surface area contributed by atoms with E-state index in [0.29, 0.717) is 0 Å². The number of nitrogens with one attached hydrogen (secondary N) is 1. The molecule has 0 bridgehead atoms. The summed E-state index contributed by atoms with van der Waals surface area (Å²) in [6, 6.07) is 10.8. The Morgan fingerprint density at radius 3 is 2.89 bits per heavy atom. The quantitative estimate of drug-likeness (QED) is 0.775. The molecule has 3 heteroatoms. The Bertz CT molecular complexity index is 525. The van der Waals surface area contributed by atoms with Crippen molar-refractivity contribution in [3.8, 4) is 0 Å². The summed E-state index contributed by atoms with van der Waals surface area (Å²) in [6.45, 7) is 4.77. The molecule has 1 aromatic carbocycles. The standard InChI is InChI=1S/C16H22N2O/c1-13-5-7-15-12-14(6-8-16(15)18-13)4-3-9-17-10-11-19-2/h5-8,12,17H,3-4,9-11H2,1-2H3. The highest BCUT2D eigenvalue weighted by Gasteiger charge is 1.98. The minimum atomic E-state index is 0.779. The van der Waals surface area contributed by atoms with Crippen LogP contribution in [-0.2, 0) is 11.2 Å². The molecule has 0 aliphatic rings. The predicted octanol–water partition coefficient (Wildman–Crippen LogP) is 2.71. The van der Waals surface area contributed by atoms with Crippen LogP contribution >= 0.6 is 0 Å². The predicted molar refractivity (Wildman–Crippen MR) is 79.5 cm³/mol. The van der Waals surface area contributed by atoms with Crippen LogP contribution in [0.1, 0.15) is 17.7 Å². The number of benzene rings is 1. The van der Waals surface area contributed by atoms with Crippen molar-refractivity contribution in [2.75, 3.05) is 26.8 Å². The third-order valence-corrected chi connectivity index (χ3v) is 3.19. The third-order valence-electron chi connectivity index (χ3n) is 3.19. The molecule has 0 saturated heterocycles. The van der Waals surface area contributed by atoms with Crippen LogP contribution in [-0.4, -0.2) is 31.8 Å². The van der Waals surface area contributed by atoms with Crippen LogP contribution in [0.15, 0.2) is 30.3 Å². The number of aryl methyl sites for hydroxylation is 2. The zero-order valence-corrected chi connectivity index (χ0v) is 11.8. The number of pyridine rings is 1. The highest BCUT2D eigenvalue weighted by atomic mass is 16.5. The molecule has 0 saturated carbocycles. The number of methoxy groups -OCH3 is 1. The van der Waals surface area contributed by atoms with Crippen LogP contribution in [0.5, 0.6) is 0 Å². The largest absolute Gasteiger partial charge is 0.383 e. The highest BCUT2D eigenvalue weighted by Crippen LogP contribution is 2.15. The molecular weight excluding hydrogens is 236 g/mol. The van der Waals surface area contributed by atoms with Gasteiger partial charge in [0.05, 0.1) is 12.1 Å². The van der Waals surface area contributed by atoms with E-state index in [1.54, 1.807) is 7.11 Å². The average Bonchev–Trinajstić information content (AvgIpc) is 2.43. The zero-order valence-electron chi connectivity index (χ0n) is 11.8. The third kappa shape index (κ3) is 4.30. The molecule has 102 valence electrons. The first kappa shape index (κ1) is 14.0. The van der Waals surface area contributed by atoms with Crippen LogP contribution in [0.3, 0.4) is 0 Å². The summed E-state index contributed by atoms with van der Waals surface area (Å²) in [5.41, 5.74) is 3.54. The van der Waals surface area contributed by atoms with Crippen molar-refractivity contribution in [1.29, 1.82) is 0 Å². The fraction of sp³-hybridized carbons (Fsp3) is 0.438. The van der Waals surface area contributed by atoms with E-state index in [-0.39, 0.29) is 0 Å². The summed E-state index contributed by atoms with van der Waals surface area (Å²) in [6.07, 6.45) is 2.25. The fourth-order valence-electron chi connectivity index (χ4n) is 2.15. The topological polar surface area (TPSA) is 34.1 Å². The zero-order chi connectivity index (χ0) is 13.5. The van der Waals surface area contributed by atoms with Gasteiger partial charge in [0.1, 0.15) is 0 Å². The van der Waals surface area contributed by atoms with Crippen molar-refractivity contribution in [2.24, 2.45) is 0 Å². The molecule has 1 aromatic heterocycles. The van der Waals surface area contributed by atoms with Crippen molar-refractivity contribution < 1.29 is 4.74 Å². The lowest BCUT2D eigenvalue weighted by Crippen LogP contribution is -2.20. The van der Waals surface area contributed by atoms with Crippen molar-refractivity contribution >= 4 is 10.9 Å². The molecule has 0 atom stereocenters. The van der Waals surface area contributed by atoms with Crippen LogP contribution < -0.4 is 5.32 Å². The van der Waals surface area contributed by atoms with Crippen molar-refractivity contribution in [3.05, 3.63) is 41.6 Å². The van der Waals surface area contributed by atoms with Crippen molar-refractivity contribution in [2.45, 2.75) is 19.8 Å². The number of nitrogens with zero attached hydrogens (tertiary/aromatic N) is 1. The van der Waals surface area contributed by atoms with Gasteiger partial charge in [0.2, 0.25) is 0 Å². The second-order valence-corrected chi connectivity index (χ2v) is 4.83. The Labute approximate surface area is 115 Å². The smallest absolute Gasteiger partial charge is 0.0705 e. The van der Waals surface area contributed by atoms with Crippen LogP contribution in [0.4, 0.5) is 0 Å². The second-order valence-electron chi connectivity index (χ2n) is 4.83. The molecule has 0 radical (unpaired) electrons. The molecular formula is C16H22N2O. The maximum atomic E-state index is 5.00. The van der Waals surface area contributed by atoms with Crippen molar-refractivity contribution in [1.82, 2.24) is 10.3 Å². The maximum Gasteiger partial charge on any atom is 0.0705 e. The molecule has 0 aliphatic heterocycles. The van der Waals surface area contributed by atoms with E-state index in [0.717, 1.165) is 43.7 Å². The van der Waals surface area contributed by atoms with E-state index in [1.807, 2.05) is 6.92 Å². The normalized spacial score (nSPS) is 11.1. The first-order valence-electron chi connectivity index (χ1n) is 6.85. The lowest BCUT2D eigenvalue weighted by atomic mass is 10.1. The molecule has 1 N–H and O–H groups in total. The molecule has 3 nitrogen and oxygen atoms in total. The van der Waals surface area contributed by atoms with E-state index in [9.17, 15) is 0 Å². The Hall–Kier alpha value is -1.45. The lowest BCUT2D eigenvalue weighted by Gasteiger charge is -2.06. The maximum absolute atomic E-state index is 5.00. The van der Waals surface area contributed by atoms with Crippen molar-refractivity contribution in [3.63, 3.8) is 0 Å². The number of ether oxygens (including phenoxy) is 1. The Kier molecular flexibility index (Phi) is 5.31. The SMILES string of the molecule is COCCNCCCc1ccc2nc(C)ccc2c1. The number of aromatic nitrogens is 1. The van der Waals surface area contributed by atoms with Gasteiger partial charge in [0, 0.05) is 24.7 Å². The van der Waals surface area contributed by atoms with Gasteiger partial charge in [0.25, 0.3) is 0 Å². The van der Waals surface area contributed by atoms with Gasteiger partial charge in [-0.2, -0.15) is 0 Å². The average molecular weight is 258 g/mol. The molecule has 1 heterocycles. The number of fused-ring (bicyclic) bond motifs is 1. The summed E-state index contributed by atoms with van der Waals surface area (Å²) < 4.78 is 5.00. The van der Waals surface area contributed by atoms with E-state index < -0.39 is 0 Å². The Morgan fingerprint density at radius 2 is 2.05 bits per heavy atom. The summed E-state index contributed by atoms with van der Waals surface area (Å²) >= 11 is 0. The molecule has 0 amide bonds. The molecule has 2 rings (SSSR count). The summed E-state index contributed by atoms with van der Waals surface area (Å²) in [5.74, 6) is 0. The van der Waals surface area contributed by atoms with Gasteiger partial charge < -0.3 is 10.1 Å². The molecule has 0 fully saturated rings. The minimum Gasteiger partial charge on any atom is -0.383 e. The second kappa shape index (κ2) is 7.22. The van der Waals surface area contributed by atoms with Gasteiger partial charge >= 0.3 is 0 Å². The molecule has 0 aliphatic carbocycles. The molecule has 0 unspecified atom stereocenters. The molecule has 0 spiro atoms. The van der Waals surface area contributed by atoms with Crippen LogP contribution in [0.25, 0.3) is 10.9 Å². The van der Waals surface area contributed by atoms with Gasteiger partial charge in [0.15, 0.2) is 0 Å². The number of rotatable bonds is 7. The van der Waals surface area contributed by atoms with E-state index in [1.165, 1.54) is 10.9 Å². The van der Waals surface area contributed by atoms with E-state index >= 15 is 0 Å². The monoisotopic (exact) mass is 258 g/mol. The van der Waals surface area contributed by atoms with E-state index in [4.69, 9.17) is 4.74 Å². The van der Waals surface area contributed by atoms with Gasteiger partial charge in [-0.15, -0.1) is 0 Å². The fourth-order valence-corrected chi connectivity index (χ4v) is 2.15. The number of hydrogen-bond acceptors (Lipinski definition) is 3. The first-order chi connectivity index (χ1) is 9.29. The Morgan fingerprint density at radius 1 is 1.16 bits per heavy atom. The van der Waals surface area contributed by atoms with Crippen LogP contribution in [0.2, 0.25) is 0 Å². The number of hydrogen-bond donors (Lipinski definition) is 1. The summed E-state index contributed by atoms with van der Waals surface area (Å²) in [5, 5.41) is 4.60. The highest BCUT2D eigenvalue weighted by molar-refractivity contribution is 5.79. The lowest BCUT2D eigenvalue weighted by molar-refractivity contribution is 0.199. The summed E-state index contributed by atoms with van der Waals surface area (Å²) in [4.78, 5) is 4.52. The van der Waals surface area contributed by atoms with E-state index in [2.05, 4.69) is 40.6 Å². The van der Waals surface area contributed by atoms with Crippen LogP contribution in [0, 0.1) is 6.92 Å². The molecule has 19 heavy (non-hydrogen) atoms. The van der Waals surface area contributed by atoms with Gasteiger partial charge in [-0.3, -0.25) is 4.98 Å². The van der Waals surface area contributed by atoms with Gasteiger partial charge in [-0.25, -0.2) is 0 Å². The Balaban J connectivity index is 1.86. The summed E-state index contributed by atoms with van der Waals surface area (Å²) in [7, 11) is 1.73. The molecule has 2 aromatic rings. The van der Waals surface area contributed by atoms with Gasteiger partial charge in [-0.05, 0) is 50.1 Å². The van der Waals surface area contributed by atoms with Gasteiger partial charge in [-0.1, -0.05) is 12.1 Å². The minimum absolute atomic E-state index is 0.779.